The van der Waals surface area contributed by atoms with Crippen LogP contribution in [0.5, 0.6) is 0 Å². The Kier molecular flexibility index (Phi) is 3.27. The minimum Gasteiger partial charge on any atom is -0.329 e. The van der Waals surface area contributed by atoms with Gasteiger partial charge >= 0.3 is 0 Å². The molecule has 0 bridgehead atoms. The summed E-state index contributed by atoms with van der Waals surface area (Å²) in [6, 6.07) is 6.65. The van der Waals surface area contributed by atoms with Crippen LogP contribution in [0.4, 0.5) is 4.39 Å². The van der Waals surface area contributed by atoms with E-state index in [0.717, 1.165) is 24.5 Å². The van der Waals surface area contributed by atoms with Crippen molar-refractivity contribution in [1.29, 1.82) is 0 Å². The summed E-state index contributed by atoms with van der Waals surface area (Å²) in [5, 5.41) is 8.00. The first kappa shape index (κ1) is 12.3. The molecule has 1 aromatic carbocycles. The van der Waals surface area contributed by atoms with Crippen LogP contribution in [0.15, 0.2) is 30.6 Å². The fourth-order valence-corrected chi connectivity index (χ4v) is 2.56. The highest BCUT2D eigenvalue weighted by molar-refractivity contribution is 5.21. The van der Waals surface area contributed by atoms with E-state index in [1.165, 1.54) is 6.07 Å². The van der Waals surface area contributed by atoms with Crippen LogP contribution >= 0.6 is 0 Å². The molecular weight excluding hydrogens is 245 g/mol. The Hall–Kier alpha value is -1.79. The smallest absolute Gasteiger partial charge is 0.147 e. The molecule has 1 aliphatic rings. The predicted molar refractivity (Wildman–Crippen MR) is 68.6 cm³/mol. The van der Waals surface area contributed by atoms with E-state index in [2.05, 4.69) is 15.1 Å². The Morgan fingerprint density at radius 3 is 3.05 bits per heavy atom. The van der Waals surface area contributed by atoms with E-state index in [0.29, 0.717) is 13.1 Å². The number of rotatable bonds is 3. The third kappa shape index (κ3) is 2.36. The van der Waals surface area contributed by atoms with Gasteiger partial charge in [0.2, 0.25) is 0 Å². The predicted octanol–water partition coefficient (Wildman–Crippen LogP) is 0.933. The van der Waals surface area contributed by atoms with Crippen LogP contribution < -0.4 is 5.73 Å². The molecule has 6 heteroatoms. The highest BCUT2D eigenvalue weighted by Crippen LogP contribution is 2.24. The molecule has 19 heavy (non-hydrogen) atoms. The molecule has 0 aliphatic carbocycles. The van der Waals surface area contributed by atoms with Crippen LogP contribution in [0.3, 0.4) is 0 Å². The van der Waals surface area contributed by atoms with Crippen LogP contribution in [-0.4, -0.2) is 32.8 Å². The van der Waals surface area contributed by atoms with Crippen molar-refractivity contribution in [2.24, 2.45) is 5.73 Å². The Balaban J connectivity index is 1.84. The molecule has 2 N–H and O–H groups in total. The first-order valence-corrected chi connectivity index (χ1v) is 6.34. The summed E-state index contributed by atoms with van der Waals surface area (Å²) in [4.78, 5) is 2.22. The van der Waals surface area contributed by atoms with Crippen LogP contribution in [-0.2, 0) is 13.1 Å². The summed E-state index contributed by atoms with van der Waals surface area (Å²) in [6.07, 6.45) is 1.74. The Labute approximate surface area is 110 Å². The summed E-state index contributed by atoms with van der Waals surface area (Å²) in [5.41, 5.74) is 6.79. The standard InChI is InChI=1S/C13H16FN5/c14-11-3-1-2-10(6-11)12(7-15)18-4-5-19-9-16-17-13(19)8-18/h1-3,6,9,12H,4-5,7-8,15H2. The van der Waals surface area contributed by atoms with Gasteiger partial charge in [0.05, 0.1) is 6.54 Å². The average Bonchev–Trinajstić information content (AvgIpc) is 2.87. The van der Waals surface area contributed by atoms with Gasteiger partial charge in [0.25, 0.3) is 0 Å². The normalized spacial score (nSPS) is 17.2. The van der Waals surface area contributed by atoms with Crippen molar-refractivity contribution in [2.75, 3.05) is 13.1 Å². The van der Waals surface area contributed by atoms with E-state index in [9.17, 15) is 4.39 Å². The van der Waals surface area contributed by atoms with Crippen molar-refractivity contribution in [3.8, 4) is 0 Å². The minimum atomic E-state index is -0.226. The molecular formula is C13H16FN5. The zero-order valence-electron chi connectivity index (χ0n) is 10.5. The molecule has 100 valence electrons. The molecule has 0 saturated heterocycles. The lowest BCUT2D eigenvalue weighted by molar-refractivity contribution is 0.156. The fourth-order valence-electron chi connectivity index (χ4n) is 2.56. The molecule has 0 spiro atoms. The van der Waals surface area contributed by atoms with Gasteiger partial charge in [0, 0.05) is 25.7 Å². The highest BCUT2D eigenvalue weighted by Gasteiger charge is 2.24. The molecule has 1 unspecified atom stereocenters. The molecule has 1 atom stereocenters. The molecule has 1 aliphatic heterocycles. The van der Waals surface area contributed by atoms with Gasteiger partial charge in [-0.15, -0.1) is 10.2 Å². The number of nitrogens with two attached hydrogens (primary N) is 1. The molecule has 0 amide bonds. The monoisotopic (exact) mass is 261 g/mol. The number of hydrogen-bond donors (Lipinski definition) is 1. The molecule has 2 aromatic rings. The lowest BCUT2D eigenvalue weighted by Gasteiger charge is -2.34. The van der Waals surface area contributed by atoms with Gasteiger partial charge in [0.15, 0.2) is 0 Å². The lowest BCUT2D eigenvalue weighted by atomic mass is 10.0. The van der Waals surface area contributed by atoms with Gasteiger partial charge in [0.1, 0.15) is 18.0 Å². The number of nitrogens with zero attached hydrogens (tertiary/aromatic N) is 4. The summed E-state index contributed by atoms with van der Waals surface area (Å²) in [6.45, 7) is 2.85. The topological polar surface area (TPSA) is 60.0 Å². The quantitative estimate of drug-likeness (QED) is 0.893. The van der Waals surface area contributed by atoms with Crippen molar-refractivity contribution in [3.63, 3.8) is 0 Å². The largest absolute Gasteiger partial charge is 0.329 e. The molecule has 5 nitrogen and oxygen atoms in total. The second kappa shape index (κ2) is 5.07. The Morgan fingerprint density at radius 1 is 1.37 bits per heavy atom. The molecule has 1 aromatic heterocycles. The van der Waals surface area contributed by atoms with E-state index in [4.69, 9.17) is 5.73 Å². The third-order valence-electron chi connectivity index (χ3n) is 3.57. The second-order valence-electron chi connectivity index (χ2n) is 4.72. The minimum absolute atomic E-state index is 0.0150. The van der Waals surface area contributed by atoms with Gasteiger partial charge in [-0.1, -0.05) is 12.1 Å². The van der Waals surface area contributed by atoms with Gasteiger partial charge in [-0.3, -0.25) is 4.90 Å². The SMILES string of the molecule is NCC(c1cccc(F)c1)N1CCn2cnnc2C1. The number of aromatic nitrogens is 3. The maximum atomic E-state index is 13.3. The molecule has 0 fully saturated rings. The zero-order chi connectivity index (χ0) is 13.2. The highest BCUT2D eigenvalue weighted by atomic mass is 19.1. The van der Waals surface area contributed by atoms with Gasteiger partial charge < -0.3 is 10.3 Å². The summed E-state index contributed by atoms with van der Waals surface area (Å²) in [5.74, 6) is 0.706. The van der Waals surface area contributed by atoms with E-state index in [1.807, 2.05) is 10.6 Å². The van der Waals surface area contributed by atoms with Crippen molar-refractivity contribution in [1.82, 2.24) is 19.7 Å². The van der Waals surface area contributed by atoms with Crippen LogP contribution in [0, 0.1) is 5.82 Å². The van der Waals surface area contributed by atoms with E-state index >= 15 is 0 Å². The van der Waals surface area contributed by atoms with Crippen LogP contribution in [0.2, 0.25) is 0 Å². The Morgan fingerprint density at radius 2 is 2.26 bits per heavy atom. The summed E-state index contributed by atoms with van der Waals surface area (Å²) in [7, 11) is 0. The van der Waals surface area contributed by atoms with Crippen LogP contribution in [0.1, 0.15) is 17.4 Å². The number of halogens is 1. The van der Waals surface area contributed by atoms with Crippen LogP contribution in [0.25, 0.3) is 0 Å². The van der Waals surface area contributed by atoms with E-state index < -0.39 is 0 Å². The number of hydrogen-bond acceptors (Lipinski definition) is 4. The van der Waals surface area contributed by atoms with E-state index in [-0.39, 0.29) is 11.9 Å². The van der Waals surface area contributed by atoms with Crippen molar-refractivity contribution < 1.29 is 4.39 Å². The van der Waals surface area contributed by atoms with Crippen molar-refractivity contribution >= 4 is 0 Å². The fraction of sp³-hybridized carbons (Fsp3) is 0.385. The van der Waals surface area contributed by atoms with Gasteiger partial charge in [-0.05, 0) is 17.7 Å². The molecule has 3 rings (SSSR count). The third-order valence-corrected chi connectivity index (χ3v) is 3.57. The maximum absolute atomic E-state index is 13.3. The summed E-state index contributed by atoms with van der Waals surface area (Å²) >= 11 is 0. The summed E-state index contributed by atoms with van der Waals surface area (Å²) < 4.78 is 15.4. The first-order chi connectivity index (χ1) is 9.28. The second-order valence-corrected chi connectivity index (χ2v) is 4.72. The maximum Gasteiger partial charge on any atom is 0.147 e. The zero-order valence-corrected chi connectivity index (χ0v) is 10.5. The molecule has 0 radical (unpaired) electrons. The van der Waals surface area contributed by atoms with Crippen molar-refractivity contribution in [2.45, 2.75) is 19.1 Å². The van der Waals surface area contributed by atoms with Gasteiger partial charge in [-0.2, -0.15) is 0 Å². The van der Waals surface area contributed by atoms with Gasteiger partial charge in [-0.25, -0.2) is 4.39 Å². The Bertz CT molecular complexity index is 568. The van der Waals surface area contributed by atoms with Crippen molar-refractivity contribution in [3.05, 3.63) is 47.8 Å². The first-order valence-electron chi connectivity index (χ1n) is 6.34. The average molecular weight is 261 g/mol. The lowest BCUT2D eigenvalue weighted by Crippen LogP contribution is -2.39. The van der Waals surface area contributed by atoms with E-state index in [1.54, 1.807) is 18.5 Å². The molecule has 2 heterocycles. The number of benzene rings is 1. The number of fused-ring (bicyclic) bond motifs is 1. The molecule has 0 saturated carbocycles.